The molecule has 0 unspecified atom stereocenters. The molecule has 1 fully saturated rings. The van der Waals surface area contributed by atoms with Crippen molar-refractivity contribution in [2.45, 2.75) is 4.21 Å². The molecule has 2 aromatic rings. The lowest BCUT2D eigenvalue weighted by molar-refractivity contribution is 0.386. The van der Waals surface area contributed by atoms with Gasteiger partial charge in [-0.1, -0.05) is 23.2 Å². The van der Waals surface area contributed by atoms with E-state index in [-0.39, 0.29) is 4.21 Å². The Morgan fingerprint density at radius 2 is 1.82 bits per heavy atom. The number of thiophene rings is 1. The van der Waals surface area contributed by atoms with E-state index in [0.29, 0.717) is 35.5 Å². The second kappa shape index (κ2) is 6.33. The van der Waals surface area contributed by atoms with Crippen LogP contribution < -0.4 is 4.90 Å². The van der Waals surface area contributed by atoms with E-state index >= 15 is 0 Å². The number of nitrogens with zero attached hydrogens (tertiary/aromatic N) is 3. The van der Waals surface area contributed by atoms with Crippen molar-refractivity contribution >= 4 is 50.2 Å². The van der Waals surface area contributed by atoms with Gasteiger partial charge in [0.15, 0.2) is 0 Å². The molecule has 0 aliphatic carbocycles. The summed E-state index contributed by atoms with van der Waals surface area (Å²) >= 11 is 13.0. The first kappa shape index (κ1) is 16.0. The molecule has 0 amide bonds. The Morgan fingerprint density at radius 3 is 2.41 bits per heavy atom. The van der Waals surface area contributed by atoms with E-state index < -0.39 is 10.0 Å². The van der Waals surface area contributed by atoms with Gasteiger partial charge in [0, 0.05) is 38.6 Å². The number of rotatable bonds is 3. The minimum absolute atomic E-state index is 0.285. The van der Waals surface area contributed by atoms with Crippen molar-refractivity contribution in [3.8, 4) is 0 Å². The Kier molecular flexibility index (Phi) is 4.61. The number of hydrogen-bond donors (Lipinski definition) is 0. The Balaban J connectivity index is 1.73. The second-order valence-corrected chi connectivity index (χ2v) is 9.06. The molecule has 3 rings (SSSR count). The summed E-state index contributed by atoms with van der Waals surface area (Å²) in [5.74, 6) is 0. The van der Waals surface area contributed by atoms with Crippen LogP contribution >= 0.6 is 34.5 Å². The monoisotopic (exact) mass is 377 g/mol. The molecule has 3 heterocycles. The molecule has 0 bridgehead atoms. The normalized spacial score (nSPS) is 16.9. The predicted octanol–water partition coefficient (Wildman–Crippen LogP) is 2.96. The van der Waals surface area contributed by atoms with E-state index in [1.165, 1.54) is 4.31 Å². The van der Waals surface area contributed by atoms with E-state index in [1.807, 2.05) is 6.07 Å². The molecule has 9 heteroatoms. The van der Waals surface area contributed by atoms with Gasteiger partial charge in [-0.2, -0.15) is 4.31 Å². The smallest absolute Gasteiger partial charge is 0.252 e. The highest BCUT2D eigenvalue weighted by Crippen LogP contribution is 2.30. The average molecular weight is 378 g/mol. The first-order valence-electron chi connectivity index (χ1n) is 6.58. The quantitative estimate of drug-likeness (QED) is 0.824. The molecule has 0 spiro atoms. The van der Waals surface area contributed by atoms with Gasteiger partial charge in [-0.15, -0.1) is 11.3 Å². The van der Waals surface area contributed by atoms with Gasteiger partial charge < -0.3 is 4.90 Å². The summed E-state index contributed by atoms with van der Waals surface area (Å²) in [6, 6.07) is 4.99. The lowest BCUT2D eigenvalue weighted by Gasteiger charge is -2.35. The van der Waals surface area contributed by atoms with Crippen LogP contribution in [-0.2, 0) is 10.0 Å². The topological polar surface area (TPSA) is 53.5 Å². The Bertz CT molecular complexity index is 771. The first-order chi connectivity index (χ1) is 10.5. The van der Waals surface area contributed by atoms with Crippen molar-refractivity contribution in [1.82, 2.24) is 9.29 Å². The molecule has 1 aliphatic rings. The average Bonchev–Trinajstić information content (AvgIpc) is 2.95. The maximum atomic E-state index is 12.5. The highest BCUT2D eigenvalue weighted by atomic mass is 35.5. The molecule has 0 N–H and O–H groups in total. The van der Waals surface area contributed by atoms with E-state index in [1.54, 1.807) is 24.5 Å². The van der Waals surface area contributed by atoms with Gasteiger partial charge in [0.25, 0.3) is 10.0 Å². The number of pyridine rings is 1. The minimum Gasteiger partial charge on any atom is -0.368 e. The van der Waals surface area contributed by atoms with Gasteiger partial charge in [0.05, 0.1) is 15.0 Å². The molecule has 5 nitrogen and oxygen atoms in total. The Labute approximate surface area is 143 Å². The number of hydrogen-bond acceptors (Lipinski definition) is 5. The van der Waals surface area contributed by atoms with Gasteiger partial charge in [-0.25, -0.2) is 8.42 Å². The van der Waals surface area contributed by atoms with Gasteiger partial charge >= 0.3 is 0 Å². The van der Waals surface area contributed by atoms with E-state index in [4.69, 9.17) is 23.2 Å². The van der Waals surface area contributed by atoms with E-state index in [0.717, 1.165) is 17.0 Å². The number of halogens is 2. The fourth-order valence-corrected chi connectivity index (χ4v) is 5.66. The molecule has 118 valence electrons. The maximum absolute atomic E-state index is 12.5. The standard InChI is InChI=1S/C13H13Cl2N3O2S2/c14-10-9-16-4-3-11(10)17-5-7-18(8-6-17)22(19,20)13-2-1-12(15)21-13/h1-4,9H,5-8H2. The highest BCUT2D eigenvalue weighted by Gasteiger charge is 2.30. The molecule has 0 radical (unpaired) electrons. The summed E-state index contributed by atoms with van der Waals surface area (Å²) < 4.78 is 27.3. The fraction of sp³-hybridized carbons (Fsp3) is 0.308. The molecule has 22 heavy (non-hydrogen) atoms. The third-order valence-electron chi connectivity index (χ3n) is 3.47. The fourth-order valence-electron chi connectivity index (χ4n) is 2.36. The summed E-state index contributed by atoms with van der Waals surface area (Å²) in [6.07, 6.45) is 3.27. The van der Waals surface area contributed by atoms with Gasteiger partial charge in [-0.3, -0.25) is 4.98 Å². The SMILES string of the molecule is O=S(=O)(c1ccc(Cl)s1)N1CCN(c2ccncc2Cl)CC1. The van der Waals surface area contributed by atoms with Gasteiger partial charge in [-0.05, 0) is 18.2 Å². The third kappa shape index (κ3) is 3.09. The second-order valence-electron chi connectivity index (χ2n) is 4.78. The first-order valence-corrected chi connectivity index (χ1v) is 9.60. The molecule has 2 aromatic heterocycles. The van der Waals surface area contributed by atoms with Crippen LogP contribution in [0, 0.1) is 0 Å². The lowest BCUT2D eigenvalue weighted by atomic mass is 10.3. The van der Waals surface area contributed by atoms with E-state index in [9.17, 15) is 8.42 Å². The van der Waals surface area contributed by atoms with Gasteiger partial charge in [0.2, 0.25) is 0 Å². The number of sulfonamides is 1. The molecule has 0 saturated carbocycles. The summed E-state index contributed by atoms with van der Waals surface area (Å²) in [5, 5.41) is 0.573. The zero-order valence-electron chi connectivity index (χ0n) is 11.4. The van der Waals surface area contributed by atoms with Crippen LogP contribution in [0.25, 0.3) is 0 Å². The molecular formula is C13H13Cl2N3O2S2. The Hall–Kier alpha value is -0.860. The summed E-state index contributed by atoms with van der Waals surface area (Å²) in [5.41, 5.74) is 0.882. The summed E-state index contributed by atoms with van der Waals surface area (Å²) in [6.45, 7) is 2.00. The van der Waals surface area contributed by atoms with Crippen molar-refractivity contribution in [1.29, 1.82) is 0 Å². The predicted molar refractivity (Wildman–Crippen MR) is 89.5 cm³/mol. The van der Waals surface area contributed by atoms with Crippen LogP contribution in [0.1, 0.15) is 0 Å². The van der Waals surface area contributed by atoms with Crippen LogP contribution in [-0.4, -0.2) is 43.9 Å². The highest BCUT2D eigenvalue weighted by molar-refractivity contribution is 7.91. The molecule has 0 aromatic carbocycles. The van der Waals surface area contributed by atoms with Crippen molar-refractivity contribution in [3.05, 3.63) is 40.0 Å². The zero-order chi connectivity index (χ0) is 15.7. The third-order valence-corrected chi connectivity index (χ3v) is 7.36. The molecular weight excluding hydrogens is 365 g/mol. The van der Waals surface area contributed by atoms with E-state index in [2.05, 4.69) is 9.88 Å². The largest absolute Gasteiger partial charge is 0.368 e. The van der Waals surface area contributed by atoms with Crippen LogP contribution in [0.5, 0.6) is 0 Å². The van der Waals surface area contributed by atoms with Crippen molar-refractivity contribution < 1.29 is 8.42 Å². The number of anilines is 1. The molecule has 0 atom stereocenters. The van der Waals surface area contributed by atoms with Crippen LogP contribution in [0.4, 0.5) is 5.69 Å². The molecule has 1 saturated heterocycles. The van der Waals surface area contributed by atoms with Crippen LogP contribution in [0.2, 0.25) is 9.36 Å². The number of piperazine rings is 1. The molecule has 1 aliphatic heterocycles. The number of aromatic nitrogens is 1. The van der Waals surface area contributed by atoms with Crippen molar-refractivity contribution in [3.63, 3.8) is 0 Å². The lowest BCUT2D eigenvalue weighted by Crippen LogP contribution is -2.48. The van der Waals surface area contributed by atoms with Crippen molar-refractivity contribution in [2.24, 2.45) is 0 Å². The Morgan fingerprint density at radius 1 is 1.09 bits per heavy atom. The summed E-state index contributed by atoms with van der Waals surface area (Å²) in [4.78, 5) is 6.03. The minimum atomic E-state index is -3.46. The van der Waals surface area contributed by atoms with Crippen molar-refractivity contribution in [2.75, 3.05) is 31.1 Å². The van der Waals surface area contributed by atoms with Gasteiger partial charge in [0.1, 0.15) is 4.21 Å². The summed E-state index contributed by atoms with van der Waals surface area (Å²) in [7, 11) is -3.46. The van der Waals surface area contributed by atoms with Crippen LogP contribution in [0.15, 0.2) is 34.8 Å². The van der Waals surface area contributed by atoms with Crippen LogP contribution in [0.3, 0.4) is 0 Å². The maximum Gasteiger partial charge on any atom is 0.252 e. The zero-order valence-corrected chi connectivity index (χ0v) is 14.6.